The maximum Gasteiger partial charge on any atom is 0.338 e. The first-order chi connectivity index (χ1) is 8.69. The summed E-state index contributed by atoms with van der Waals surface area (Å²) in [6.45, 7) is 0. The molecule has 0 amide bonds. The van der Waals surface area contributed by atoms with Gasteiger partial charge in [-0.2, -0.15) is 0 Å². The molecule has 96 valence electrons. The van der Waals surface area contributed by atoms with Crippen LogP contribution in [0.4, 0.5) is 0 Å². The molecule has 0 spiro atoms. The van der Waals surface area contributed by atoms with E-state index in [1.165, 1.54) is 0 Å². The number of ketones is 1. The molecular weight excluding hydrogens is 232 g/mol. The van der Waals surface area contributed by atoms with Crippen LogP contribution in [0, 0.1) is 0 Å². The third kappa shape index (κ3) is 3.09. The van der Waals surface area contributed by atoms with Gasteiger partial charge < -0.3 is 9.47 Å². The van der Waals surface area contributed by atoms with Gasteiger partial charge in [0.1, 0.15) is 17.6 Å². The molecule has 0 radical (unpaired) electrons. The van der Waals surface area contributed by atoms with Crippen LogP contribution in [0.5, 0.6) is 5.75 Å². The summed E-state index contributed by atoms with van der Waals surface area (Å²) in [5, 5.41) is 0. The summed E-state index contributed by atoms with van der Waals surface area (Å²) in [6.07, 6.45) is 2.18. The minimum absolute atomic E-state index is 0.127. The minimum atomic E-state index is -0.336. The van der Waals surface area contributed by atoms with E-state index in [-0.39, 0.29) is 17.9 Å². The molecule has 0 aliphatic heterocycles. The Bertz CT molecular complexity index is 426. The number of benzene rings is 1. The summed E-state index contributed by atoms with van der Waals surface area (Å²) in [4.78, 5) is 22.9. The van der Waals surface area contributed by atoms with Crippen molar-refractivity contribution in [3.05, 3.63) is 29.8 Å². The van der Waals surface area contributed by atoms with Crippen LogP contribution in [0.2, 0.25) is 0 Å². The lowest BCUT2D eigenvalue weighted by Gasteiger charge is -2.21. The smallest absolute Gasteiger partial charge is 0.338 e. The highest BCUT2D eigenvalue weighted by Gasteiger charge is 2.22. The molecule has 0 atom stereocenters. The van der Waals surface area contributed by atoms with Crippen molar-refractivity contribution >= 4 is 11.8 Å². The Morgan fingerprint density at radius 3 is 2.33 bits per heavy atom. The van der Waals surface area contributed by atoms with Crippen molar-refractivity contribution in [1.82, 2.24) is 0 Å². The van der Waals surface area contributed by atoms with Gasteiger partial charge in [0.2, 0.25) is 0 Å². The fourth-order valence-electron chi connectivity index (χ4n) is 1.98. The number of carbonyl (C=O) groups excluding carboxylic acids is 2. The molecule has 0 unspecified atom stereocenters. The van der Waals surface area contributed by atoms with Gasteiger partial charge in [-0.1, -0.05) is 0 Å². The van der Waals surface area contributed by atoms with Crippen molar-refractivity contribution in [3.63, 3.8) is 0 Å². The van der Waals surface area contributed by atoms with E-state index < -0.39 is 0 Å². The molecule has 1 aromatic rings. The van der Waals surface area contributed by atoms with Gasteiger partial charge in [-0.15, -0.1) is 0 Å². The van der Waals surface area contributed by atoms with E-state index in [9.17, 15) is 9.59 Å². The van der Waals surface area contributed by atoms with Gasteiger partial charge in [0.15, 0.2) is 0 Å². The van der Waals surface area contributed by atoms with Gasteiger partial charge in [-0.3, -0.25) is 4.79 Å². The van der Waals surface area contributed by atoms with Crippen LogP contribution in [0.25, 0.3) is 0 Å². The van der Waals surface area contributed by atoms with E-state index >= 15 is 0 Å². The van der Waals surface area contributed by atoms with Crippen molar-refractivity contribution < 1.29 is 19.1 Å². The molecule has 4 heteroatoms. The highest BCUT2D eigenvalue weighted by atomic mass is 16.5. The van der Waals surface area contributed by atoms with Crippen LogP contribution in [-0.4, -0.2) is 25.0 Å². The number of rotatable bonds is 3. The first kappa shape index (κ1) is 12.6. The molecule has 2 rings (SSSR count). The first-order valence-corrected chi connectivity index (χ1v) is 6.06. The summed E-state index contributed by atoms with van der Waals surface area (Å²) >= 11 is 0. The Morgan fingerprint density at radius 2 is 1.78 bits per heavy atom. The van der Waals surface area contributed by atoms with Crippen LogP contribution < -0.4 is 4.74 Å². The van der Waals surface area contributed by atoms with Crippen LogP contribution in [0.1, 0.15) is 36.0 Å². The summed E-state index contributed by atoms with van der Waals surface area (Å²) in [5.74, 6) is 0.624. The monoisotopic (exact) mass is 248 g/mol. The van der Waals surface area contributed by atoms with E-state index in [0.29, 0.717) is 37.0 Å². The Kier molecular flexibility index (Phi) is 3.97. The van der Waals surface area contributed by atoms with Crippen molar-refractivity contribution in [3.8, 4) is 5.75 Å². The van der Waals surface area contributed by atoms with Gasteiger partial charge in [0, 0.05) is 12.8 Å². The Hall–Kier alpha value is -1.84. The molecule has 1 aromatic carbocycles. The molecule has 4 nitrogen and oxygen atoms in total. The maximum atomic E-state index is 11.8. The number of Topliss-reactive ketones (excluding diaryl/α,β-unsaturated/α-hetero) is 1. The van der Waals surface area contributed by atoms with E-state index in [4.69, 9.17) is 9.47 Å². The standard InChI is InChI=1S/C14H16O4/c1-17-12-6-2-10(3-7-12)14(16)18-13-8-4-11(15)5-9-13/h2-3,6-7,13H,4-5,8-9H2,1H3. The predicted molar refractivity (Wildman–Crippen MR) is 65.7 cm³/mol. The fourth-order valence-corrected chi connectivity index (χ4v) is 1.98. The highest BCUT2D eigenvalue weighted by Crippen LogP contribution is 2.20. The van der Waals surface area contributed by atoms with Crippen LogP contribution in [0.3, 0.4) is 0 Å². The zero-order valence-corrected chi connectivity index (χ0v) is 10.3. The van der Waals surface area contributed by atoms with Crippen LogP contribution in [-0.2, 0) is 9.53 Å². The van der Waals surface area contributed by atoms with Gasteiger partial charge >= 0.3 is 5.97 Å². The van der Waals surface area contributed by atoms with Gasteiger partial charge in [-0.05, 0) is 37.1 Å². The minimum Gasteiger partial charge on any atom is -0.497 e. The van der Waals surface area contributed by atoms with E-state index in [2.05, 4.69) is 0 Å². The summed E-state index contributed by atoms with van der Waals surface area (Å²) in [6, 6.07) is 6.80. The fraction of sp³-hybridized carbons (Fsp3) is 0.429. The number of ether oxygens (including phenoxy) is 2. The number of methoxy groups -OCH3 is 1. The lowest BCUT2D eigenvalue weighted by molar-refractivity contribution is -0.122. The third-order valence-corrected chi connectivity index (χ3v) is 3.09. The Balaban J connectivity index is 1.92. The molecule has 0 heterocycles. The second-order valence-corrected chi connectivity index (χ2v) is 4.37. The third-order valence-electron chi connectivity index (χ3n) is 3.09. The lowest BCUT2D eigenvalue weighted by atomic mass is 9.96. The van der Waals surface area contributed by atoms with Crippen molar-refractivity contribution in [1.29, 1.82) is 0 Å². The zero-order valence-electron chi connectivity index (χ0n) is 10.3. The molecule has 1 aliphatic rings. The Morgan fingerprint density at radius 1 is 1.17 bits per heavy atom. The second kappa shape index (κ2) is 5.67. The summed E-state index contributed by atoms with van der Waals surface area (Å²) < 4.78 is 10.4. The number of carbonyl (C=O) groups is 2. The second-order valence-electron chi connectivity index (χ2n) is 4.37. The SMILES string of the molecule is COc1ccc(C(=O)OC2CCC(=O)CC2)cc1. The maximum absolute atomic E-state index is 11.8. The van der Waals surface area contributed by atoms with Crippen molar-refractivity contribution in [2.24, 2.45) is 0 Å². The molecule has 18 heavy (non-hydrogen) atoms. The molecule has 0 N–H and O–H groups in total. The number of hydrogen-bond acceptors (Lipinski definition) is 4. The average molecular weight is 248 g/mol. The number of esters is 1. The van der Waals surface area contributed by atoms with E-state index in [1.54, 1.807) is 31.4 Å². The van der Waals surface area contributed by atoms with Gasteiger partial charge in [-0.25, -0.2) is 4.79 Å². The molecular formula is C14H16O4. The van der Waals surface area contributed by atoms with Gasteiger partial charge in [0.05, 0.1) is 12.7 Å². The first-order valence-electron chi connectivity index (χ1n) is 6.06. The zero-order chi connectivity index (χ0) is 13.0. The van der Waals surface area contributed by atoms with Crippen LogP contribution >= 0.6 is 0 Å². The molecule has 0 saturated heterocycles. The largest absolute Gasteiger partial charge is 0.497 e. The van der Waals surface area contributed by atoms with Crippen LogP contribution in [0.15, 0.2) is 24.3 Å². The Labute approximate surface area is 106 Å². The lowest BCUT2D eigenvalue weighted by Crippen LogP contribution is -2.24. The number of hydrogen-bond donors (Lipinski definition) is 0. The van der Waals surface area contributed by atoms with Crippen molar-refractivity contribution in [2.45, 2.75) is 31.8 Å². The normalized spacial score (nSPS) is 16.4. The summed E-state index contributed by atoms with van der Waals surface area (Å²) in [5.41, 5.74) is 0.507. The molecule has 0 bridgehead atoms. The predicted octanol–water partition coefficient (Wildman–Crippen LogP) is 2.36. The van der Waals surface area contributed by atoms with Gasteiger partial charge in [0.25, 0.3) is 0 Å². The van der Waals surface area contributed by atoms with E-state index in [1.807, 2.05) is 0 Å². The van der Waals surface area contributed by atoms with E-state index in [0.717, 1.165) is 0 Å². The molecule has 0 aromatic heterocycles. The van der Waals surface area contributed by atoms with Crippen molar-refractivity contribution in [2.75, 3.05) is 7.11 Å². The molecule has 1 aliphatic carbocycles. The average Bonchev–Trinajstić information content (AvgIpc) is 2.41. The molecule has 1 saturated carbocycles. The topological polar surface area (TPSA) is 52.6 Å². The molecule has 1 fully saturated rings. The quantitative estimate of drug-likeness (QED) is 0.770. The summed E-state index contributed by atoms with van der Waals surface area (Å²) in [7, 11) is 1.58. The highest BCUT2D eigenvalue weighted by molar-refractivity contribution is 5.89.